The van der Waals surface area contributed by atoms with Crippen molar-refractivity contribution >= 4 is 11.6 Å². The van der Waals surface area contributed by atoms with Crippen LogP contribution in [0.5, 0.6) is 11.5 Å². The number of nitrogens with one attached hydrogen (secondary N) is 2. The Labute approximate surface area is 159 Å². The van der Waals surface area contributed by atoms with E-state index in [4.69, 9.17) is 21.1 Å². The molecule has 0 saturated heterocycles. The lowest BCUT2D eigenvalue weighted by Gasteiger charge is -2.14. The van der Waals surface area contributed by atoms with Gasteiger partial charge in [0.15, 0.2) is 11.5 Å². The van der Waals surface area contributed by atoms with Crippen LogP contribution in [0.25, 0.3) is 0 Å². The van der Waals surface area contributed by atoms with Crippen LogP contribution in [0.3, 0.4) is 0 Å². The summed E-state index contributed by atoms with van der Waals surface area (Å²) in [6, 6.07) is 10.4. The first-order valence-electron chi connectivity index (χ1n) is 8.82. The normalized spacial score (nSPS) is 10.8. The molecule has 26 heavy (non-hydrogen) atoms. The molecule has 2 rings (SSSR count). The molecule has 0 spiro atoms. The Morgan fingerprint density at radius 2 is 1.92 bits per heavy atom. The Kier molecular flexibility index (Phi) is 8.68. The van der Waals surface area contributed by atoms with E-state index in [1.807, 2.05) is 32.2 Å². The lowest BCUT2D eigenvalue weighted by atomic mass is 10.2. The summed E-state index contributed by atoms with van der Waals surface area (Å²) in [6.45, 7) is 5.17. The standard InChI is InChI=1S/C20H26ClFN2O2/c1-3-25-20-12-15(13-24-11-5-10-23-2)8-9-19(20)26-14-16-17(21)6-4-7-18(16)22/h4,6-9,12,23-24H,3,5,10-11,13-14H2,1-2H3. The summed E-state index contributed by atoms with van der Waals surface area (Å²) in [4.78, 5) is 0. The average Bonchev–Trinajstić information content (AvgIpc) is 2.63. The minimum atomic E-state index is -0.377. The topological polar surface area (TPSA) is 42.5 Å². The zero-order valence-corrected chi connectivity index (χ0v) is 16.0. The van der Waals surface area contributed by atoms with Gasteiger partial charge in [-0.25, -0.2) is 4.39 Å². The van der Waals surface area contributed by atoms with Crippen LogP contribution in [0.15, 0.2) is 36.4 Å². The van der Waals surface area contributed by atoms with Crippen molar-refractivity contribution in [3.05, 3.63) is 58.4 Å². The van der Waals surface area contributed by atoms with Crippen molar-refractivity contribution in [3.8, 4) is 11.5 Å². The van der Waals surface area contributed by atoms with Crippen LogP contribution in [-0.2, 0) is 13.2 Å². The summed E-state index contributed by atoms with van der Waals surface area (Å²) < 4.78 is 25.3. The second-order valence-electron chi connectivity index (χ2n) is 5.84. The Morgan fingerprint density at radius 1 is 1.08 bits per heavy atom. The first-order chi connectivity index (χ1) is 12.7. The van der Waals surface area contributed by atoms with Crippen LogP contribution in [0.2, 0.25) is 5.02 Å². The van der Waals surface area contributed by atoms with Crippen molar-refractivity contribution in [2.24, 2.45) is 0 Å². The molecule has 0 radical (unpaired) electrons. The predicted molar refractivity (Wildman–Crippen MR) is 104 cm³/mol. The quantitative estimate of drug-likeness (QED) is 0.574. The van der Waals surface area contributed by atoms with Gasteiger partial charge in [-0.3, -0.25) is 0 Å². The predicted octanol–water partition coefficient (Wildman–Crippen LogP) is 4.16. The summed E-state index contributed by atoms with van der Waals surface area (Å²) in [5.41, 5.74) is 1.45. The van der Waals surface area contributed by atoms with Crippen LogP contribution in [0.1, 0.15) is 24.5 Å². The molecule has 2 aromatic rings. The van der Waals surface area contributed by atoms with E-state index in [2.05, 4.69) is 10.6 Å². The molecule has 0 amide bonds. The van der Waals surface area contributed by atoms with Crippen LogP contribution in [0.4, 0.5) is 4.39 Å². The molecule has 0 aliphatic rings. The maximum Gasteiger partial charge on any atom is 0.161 e. The number of ether oxygens (including phenoxy) is 2. The maximum absolute atomic E-state index is 13.9. The van der Waals surface area contributed by atoms with E-state index < -0.39 is 0 Å². The molecular weight excluding hydrogens is 355 g/mol. The minimum absolute atomic E-state index is 0.0488. The minimum Gasteiger partial charge on any atom is -0.490 e. The zero-order valence-electron chi connectivity index (χ0n) is 15.3. The highest BCUT2D eigenvalue weighted by Gasteiger charge is 2.11. The van der Waals surface area contributed by atoms with Crippen molar-refractivity contribution in [2.45, 2.75) is 26.5 Å². The lowest BCUT2D eigenvalue weighted by Crippen LogP contribution is -2.19. The van der Waals surface area contributed by atoms with E-state index in [0.717, 1.165) is 31.6 Å². The summed E-state index contributed by atoms with van der Waals surface area (Å²) in [5.74, 6) is 0.845. The molecular formula is C20H26ClFN2O2. The highest BCUT2D eigenvalue weighted by atomic mass is 35.5. The van der Waals surface area contributed by atoms with Crippen molar-refractivity contribution in [2.75, 3.05) is 26.7 Å². The molecule has 2 N–H and O–H groups in total. The molecule has 0 atom stereocenters. The molecule has 0 aromatic heterocycles. The third kappa shape index (κ3) is 6.16. The molecule has 0 unspecified atom stereocenters. The van der Waals surface area contributed by atoms with Gasteiger partial charge in [-0.2, -0.15) is 0 Å². The Hall–Kier alpha value is -1.82. The second kappa shape index (κ2) is 11.0. The van der Waals surface area contributed by atoms with E-state index >= 15 is 0 Å². The Bertz CT molecular complexity index is 677. The summed E-state index contributed by atoms with van der Waals surface area (Å²) >= 11 is 6.05. The second-order valence-corrected chi connectivity index (χ2v) is 6.24. The van der Waals surface area contributed by atoms with Crippen molar-refractivity contribution in [1.29, 1.82) is 0 Å². The molecule has 0 aliphatic heterocycles. The van der Waals surface area contributed by atoms with Gasteiger partial charge in [0.2, 0.25) is 0 Å². The number of benzene rings is 2. The summed E-state index contributed by atoms with van der Waals surface area (Å²) in [6.07, 6.45) is 1.07. The molecule has 6 heteroatoms. The molecule has 0 fully saturated rings. The lowest BCUT2D eigenvalue weighted by molar-refractivity contribution is 0.265. The monoisotopic (exact) mass is 380 g/mol. The van der Waals surface area contributed by atoms with Gasteiger partial charge in [-0.05, 0) is 63.3 Å². The first-order valence-corrected chi connectivity index (χ1v) is 9.20. The van der Waals surface area contributed by atoms with Gasteiger partial charge in [0.05, 0.1) is 11.6 Å². The van der Waals surface area contributed by atoms with Gasteiger partial charge in [0.1, 0.15) is 12.4 Å². The van der Waals surface area contributed by atoms with Crippen molar-refractivity contribution in [1.82, 2.24) is 10.6 Å². The van der Waals surface area contributed by atoms with E-state index in [1.165, 1.54) is 6.07 Å². The SMILES string of the molecule is CCOc1cc(CNCCCNC)ccc1OCc1c(F)cccc1Cl. The molecule has 0 aliphatic carbocycles. The number of hydrogen-bond donors (Lipinski definition) is 2. The van der Waals surface area contributed by atoms with Crippen LogP contribution in [-0.4, -0.2) is 26.7 Å². The van der Waals surface area contributed by atoms with Gasteiger partial charge in [0.25, 0.3) is 0 Å². The van der Waals surface area contributed by atoms with Gasteiger partial charge in [-0.1, -0.05) is 23.7 Å². The van der Waals surface area contributed by atoms with E-state index in [9.17, 15) is 4.39 Å². The molecule has 0 heterocycles. The Balaban J connectivity index is 2.01. The molecule has 0 saturated carbocycles. The fraction of sp³-hybridized carbons (Fsp3) is 0.400. The van der Waals surface area contributed by atoms with Gasteiger partial charge in [0, 0.05) is 12.1 Å². The molecule has 142 valence electrons. The third-order valence-electron chi connectivity index (χ3n) is 3.85. The summed E-state index contributed by atoms with van der Waals surface area (Å²) in [7, 11) is 1.95. The van der Waals surface area contributed by atoms with E-state index in [1.54, 1.807) is 12.1 Å². The van der Waals surface area contributed by atoms with Crippen LogP contribution < -0.4 is 20.1 Å². The molecule has 4 nitrogen and oxygen atoms in total. The van der Waals surface area contributed by atoms with Gasteiger partial charge >= 0.3 is 0 Å². The van der Waals surface area contributed by atoms with E-state index in [-0.39, 0.29) is 12.4 Å². The summed E-state index contributed by atoms with van der Waals surface area (Å²) in [5, 5.41) is 6.87. The highest BCUT2D eigenvalue weighted by molar-refractivity contribution is 6.31. The molecule has 0 bridgehead atoms. The van der Waals surface area contributed by atoms with Crippen molar-refractivity contribution in [3.63, 3.8) is 0 Å². The average molecular weight is 381 g/mol. The van der Waals surface area contributed by atoms with Crippen LogP contribution >= 0.6 is 11.6 Å². The van der Waals surface area contributed by atoms with E-state index in [0.29, 0.717) is 28.7 Å². The smallest absolute Gasteiger partial charge is 0.161 e. The maximum atomic E-state index is 13.9. The zero-order chi connectivity index (χ0) is 18.8. The van der Waals surface area contributed by atoms with Gasteiger partial charge < -0.3 is 20.1 Å². The Morgan fingerprint density at radius 3 is 2.65 bits per heavy atom. The first kappa shape index (κ1) is 20.5. The fourth-order valence-electron chi connectivity index (χ4n) is 2.49. The third-order valence-corrected chi connectivity index (χ3v) is 4.21. The number of rotatable bonds is 11. The van der Waals surface area contributed by atoms with Crippen molar-refractivity contribution < 1.29 is 13.9 Å². The fourth-order valence-corrected chi connectivity index (χ4v) is 2.71. The highest BCUT2D eigenvalue weighted by Crippen LogP contribution is 2.30. The van der Waals surface area contributed by atoms with Gasteiger partial charge in [-0.15, -0.1) is 0 Å². The van der Waals surface area contributed by atoms with Crippen LogP contribution in [0, 0.1) is 5.82 Å². The number of hydrogen-bond acceptors (Lipinski definition) is 4. The largest absolute Gasteiger partial charge is 0.490 e. The molecule has 2 aromatic carbocycles. The number of halogens is 2.